The molecule has 0 spiro atoms. The van der Waals surface area contributed by atoms with E-state index in [0.29, 0.717) is 25.8 Å². The van der Waals surface area contributed by atoms with Crippen molar-refractivity contribution in [2.75, 3.05) is 45.9 Å². The van der Waals surface area contributed by atoms with Gasteiger partial charge in [-0.1, -0.05) is 0 Å². The summed E-state index contributed by atoms with van der Waals surface area (Å²) in [5, 5.41) is 33.0. The summed E-state index contributed by atoms with van der Waals surface area (Å²) in [6.45, 7) is -1.74. The number of rotatable bonds is 19. The zero-order valence-corrected chi connectivity index (χ0v) is 28.0. The minimum atomic E-state index is -1.62. The molecule has 6 atom stereocenters. The van der Waals surface area contributed by atoms with Crippen LogP contribution in [0.2, 0.25) is 0 Å². The highest BCUT2D eigenvalue weighted by Crippen LogP contribution is 2.18. The number of carbonyl (C=O) groups excluding carboxylic acids is 10. The van der Waals surface area contributed by atoms with Crippen LogP contribution in [0.15, 0.2) is 0 Å². The maximum absolute atomic E-state index is 13.0. The number of nitrogens with one attached hydrogen (secondary N) is 6. The third-order valence-electron chi connectivity index (χ3n) is 7.97. The molecule has 22 heteroatoms. The molecule has 0 bridgehead atoms. The number of nitrogens with two attached hydrogens (primary N) is 2. The molecule has 51 heavy (non-hydrogen) atoms. The maximum Gasteiger partial charge on any atom is 0.245 e. The Balaban J connectivity index is 1.83. The van der Waals surface area contributed by atoms with Crippen molar-refractivity contribution in [3.63, 3.8) is 0 Å². The van der Waals surface area contributed by atoms with Crippen molar-refractivity contribution in [3.05, 3.63) is 0 Å². The molecule has 12 N–H and O–H groups in total. The van der Waals surface area contributed by atoms with E-state index in [0.717, 1.165) is 4.90 Å². The summed E-state index contributed by atoms with van der Waals surface area (Å²) in [7, 11) is 0. The smallest absolute Gasteiger partial charge is 0.245 e. The first-order valence-electron chi connectivity index (χ1n) is 16.1. The SMILES string of the molecule is C[C@H](NC(=O)CNC(=O)[C@H](CO)NC(=O)[C@H](CO)NC(=O)[C@@H]1CCCN1C(=O)CNC(=O)CNC(=O)[C@@H](N)CC(N)=O)C(=O)N1CCC[C@H]1[C]=O. The third kappa shape index (κ3) is 12.9. The molecular formula is C29H45N10O12. The van der Waals surface area contributed by atoms with E-state index in [1.807, 2.05) is 0 Å². The molecule has 0 aromatic carbocycles. The molecule has 2 aliphatic rings. The van der Waals surface area contributed by atoms with Crippen LogP contribution in [0.25, 0.3) is 0 Å². The van der Waals surface area contributed by atoms with Crippen molar-refractivity contribution < 1.29 is 58.2 Å². The van der Waals surface area contributed by atoms with E-state index in [9.17, 15) is 58.2 Å². The van der Waals surface area contributed by atoms with Crippen LogP contribution in [0.1, 0.15) is 39.0 Å². The Hall–Kier alpha value is -5.22. The zero-order chi connectivity index (χ0) is 38.2. The fraction of sp³-hybridized carbons (Fsp3) is 0.655. The second-order valence-electron chi connectivity index (χ2n) is 11.8. The lowest BCUT2D eigenvalue weighted by molar-refractivity contribution is -0.140. The molecule has 2 fully saturated rings. The van der Waals surface area contributed by atoms with Gasteiger partial charge in [0, 0.05) is 13.1 Å². The number of nitrogens with zero attached hydrogens (tertiary/aromatic N) is 2. The van der Waals surface area contributed by atoms with E-state index in [1.165, 1.54) is 11.8 Å². The molecule has 0 saturated carbocycles. The van der Waals surface area contributed by atoms with E-state index >= 15 is 0 Å². The lowest BCUT2D eigenvalue weighted by Crippen LogP contribution is -2.59. The van der Waals surface area contributed by atoms with Gasteiger partial charge in [-0.2, -0.15) is 0 Å². The summed E-state index contributed by atoms with van der Waals surface area (Å²) in [5.41, 5.74) is 10.4. The molecule has 22 nitrogen and oxygen atoms in total. The summed E-state index contributed by atoms with van der Waals surface area (Å²) in [6.07, 6.45) is 3.00. The Kier molecular flexibility index (Phi) is 16.8. The van der Waals surface area contributed by atoms with Crippen LogP contribution < -0.4 is 43.4 Å². The van der Waals surface area contributed by atoms with Gasteiger partial charge >= 0.3 is 0 Å². The van der Waals surface area contributed by atoms with Gasteiger partial charge in [0.25, 0.3) is 0 Å². The van der Waals surface area contributed by atoms with Gasteiger partial charge in [0.2, 0.25) is 59.5 Å². The van der Waals surface area contributed by atoms with Crippen LogP contribution in [0.3, 0.4) is 0 Å². The lowest BCUT2D eigenvalue weighted by atomic mass is 10.1. The van der Waals surface area contributed by atoms with E-state index in [1.54, 1.807) is 6.29 Å². The molecule has 9 amide bonds. The highest BCUT2D eigenvalue weighted by molar-refractivity contribution is 5.97. The van der Waals surface area contributed by atoms with E-state index in [4.69, 9.17) is 11.5 Å². The van der Waals surface area contributed by atoms with Gasteiger partial charge in [-0.25, -0.2) is 0 Å². The van der Waals surface area contributed by atoms with Crippen LogP contribution in [0.5, 0.6) is 0 Å². The highest BCUT2D eigenvalue weighted by atomic mass is 16.3. The number of likely N-dealkylation sites (tertiary alicyclic amines) is 2. The van der Waals surface area contributed by atoms with Crippen LogP contribution in [0.4, 0.5) is 0 Å². The number of carbonyl (C=O) groups is 9. The van der Waals surface area contributed by atoms with Gasteiger partial charge < -0.3 is 63.4 Å². The number of hydrogen-bond acceptors (Lipinski definition) is 13. The Bertz CT molecular complexity index is 1350. The molecule has 283 valence electrons. The molecule has 2 rings (SSSR count). The van der Waals surface area contributed by atoms with Crippen LogP contribution in [-0.4, -0.2) is 162 Å². The van der Waals surface area contributed by atoms with Gasteiger partial charge in [-0.05, 0) is 32.6 Å². The molecular weight excluding hydrogens is 680 g/mol. The first-order valence-corrected chi connectivity index (χ1v) is 16.1. The highest BCUT2D eigenvalue weighted by Gasteiger charge is 2.37. The van der Waals surface area contributed by atoms with Crippen molar-refractivity contribution in [3.8, 4) is 0 Å². The Morgan fingerprint density at radius 1 is 0.765 bits per heavy atom. The minimum absolute atomic E-state index is 0.130. The van der Waals surface area contributed by atoms with Crippen LogP contribution >= 0.6 is 0 Å². The largest absolute Gasteiger partial charge is 0.394 e. The monoisotopic (exact) mass is 725 g/mol. The van der Waals surface area contributed by atoms with Crippen molar-refractivity contribution in [1.82, 2.24) is 41.7 Å². The molecule has 2 saturated heterocycles. The predicted octanol–water partition coefficient (Wildman–Crippen LogP) is -7.91. The standard InChI is InChI=1S/C29H45N10O12/c1-15(29(51)38-6-2-4-16(38)12-40)35-23(45)10-34-26(48)18(13-41)36-27(49)19(14-42)37-28(50)20-5-3-7-39(20)24(46)11-32-22(44)9-33-25(47)17(30)8-21(31)43/h15-20,41-42H,2-11,13-14,30H2,1H3,(H2,31,43)(H,32,44)(H,33,47)(H,34,48)(H,35,45)(H,36,49)(H,37,50)/t15-,16-,17-,18-,19-,20-/m0/s1. The Labute approximate surface area is 292 Å². The Morgan fingerprint density at radius 3 is 1.98 bits per heavy atom. The lowest BCUT2D eigenvalue weighted by Gasteiger charge is -2.26. The van der Waals surface area contributed by atoms with Crippen LogP contribution in [-0.2, 0) is 47.9 Å². The average Bonchev–Trinajstić information content (AvgIpc) is 3.79. The molecule has 0 aliphatic carbocycles. The van der Waals surface area contributed by atoms with Crippen LogP contribution in [0, 0.1) is 0 Å². The summed E-state index contributed by atoms with van der Waals surface area (Å²) in [4.78, 5) is 124. The predicted molar refractivity (Wildman–Crippen MR) is 172 cm³/mol. The van der Waals surface area contributed by atoms with Crippen molar-refractivity contribution in [2.24, 2.45) is 11.5 Å². The fourth-order valence-corrected chi connectivity index (χ4v) is 5.26. The molecule has 1 radical (unpaired) electrons. The molecule has 0 aromatic heterocycles. The normalized spacial score (nSPS) is 19.1. The zero-order valence-electron chi connectivity index (χ0n) is 28.0. The van der Waals surface area contributed by atoms with Crippen molar-refractivity contribution >= 4 is 59.5 Å². The topological polar surface area (TPSA) is 342 Å². The number of hydrogen-bond donors (Lipinski definition) is 10. The first-order chi connectivity index (χ1) is 24.1. The summed E-state index contributed by atoms with van der Waals surface area (Å²) >= 11 is 0. The number of aliphatic hydroxyl groups is 2. The summed E-state index contributed by atoms with van der Waals surface area (Å²) < 4.78 is 0. The number of primary amides is 1. The van der Waals surface area contributed by atoms with Gasteiger partial charge in [-0.15, -0.1) is 0 Å². The Morgan fingerprint density at radius 2 is 1.35 bits per heavy atom. The number of aliphatic hydroxyl groups excluding tert-OH is 2. The molecule has 2 heterocycles. The summed E-state index contributed by atoms with van der Waals surface area (Å²) in [5.74, 6) is -7.23. The van der Waals surface area contributed by atoms with Crippen molar-refractivity contribution in [2.45, 2.75) is 75.3 Å². The first kappa shape index (κ1) is 41.9. The van der Waals surface area contributed by atoms with Gasteiger partial charge in [0.1, 0.15) is 24.2 Å². The fourth-order valence-electron chi connectivity index (χ4n) is 5.26. The van der Waals surface area contributed by atoms with Gasteiger partial charge in [0.15, 0.2) is 0 Å². The number of amides is 9. The third-order valence-corrected chi connectivity index (χ3v) is 7.97. The van der Waals surface area contributed by atoms with Gasteiger partial charge in [0.05, 0.1) is 51.4 Å². The second-order valence-corrected chi connectivity index (χ2v) is 11.8. The molecule has 2 aliphatic heterocycles. The van der Waals surface area contributed by atoms with Gasteiger partial charge in [-0.3, -0.25) is 47.9 Å². The average molecular weight is 726 g/mol. The maximum atomic E-state index is 13.0. The molecule has 0 aromatic rings. The van der Waals surface area contributed by atoms with Crippen molar-refractivity contribution in [1.29, 1.82) is 0 Å². The quantitative estimate of drug-likeness (QED) is 0.0592. The van der Waals surface area contributed by atoms with E-state index in [-0.39, 0.29) is 13.0 Å². The molecule has 0 unspecified atom stereocenters. The summed E-state index contributed by atoms with van der Waals surface area (Å²) in [6, 6.07) is -7.29. The second kappa shape index (κ2) is 20.5. The van der Waals surface area contributed by atoms with E-state index < -0.39 is 129 Å². The minimum Gasteiger partial charge on any atom is -0.394 e. The van der Waals surface area contributed by atoms with E-state index in [2.05, 4.69) is 31.9 Å².